The lowest BCUT2D eigenvalue weighted by molar-refractivity contribution is 0.315. The van der Waals surface area contributed by atoms with Gasteiger partial charge in [-0.2, -0.15) is 0 Å². The molecule has 112 valence electrons. The van der Waals surface area contributed by atoms with Gasteiger partial charge in [0.05, 0.1) is 18.8 Å². The molecule has 0 fully saturated rings. The van der Waals surface area contributed by atoms with Gasteiger partial charge in [0, 0.05) is 9.77 Å². The van der Waals surface area contributed by atoms with Crippen LogP contribution in [-0.4, -0.2) is 18.6 Å². The molecule has 0 saturated heterocycles. The third-order valence-electron chi connectivity index (χ3n) is 3.36. The second kappa shape index (κ2) is 7.75. The lowest BCUT2D eigenvalue weighted by atomic mass is 9.99. The number of halogens is 1. The molecule has 1 N–H and O–H groups in total. The minimum atomic E-state index is 0.120. The van der Waals surface area contributed by atoms with E-state index in [1.54, 1.807) is 6.20 Å². The minimum absolute atomic E-state index is 0.120. The first-order chi connectivity index (χ1) is 10.2. The summed E-state index contributed by atoms with van der Waals surface area (Å²) in [5, 5.41) is 3.39. The first-order valence-electron chi connectivity index (χ1n) is 7.17. The molecule has 0 radical (unpaired) electrons. The van der Waals surface area contributed by atoms with Crippen molar-refractivity contribution in [1.29, 1.82) is 0 Å². The van der Waals surface area contributed by atoms with Gasteiger partial charge in [0.2, 0.25) is 0 Å². The van der Waals surface area contributed by atoms with Crippen LogP contribution in [0.2, 0.25) is 0 Å². The fourth-order valence-electron chi connectivity index (χ4n) is 2.29. The molecule has 0 aliphatic carbocycles. The van der Waals surface area contributed by atoms with Crippen molar-refractivity contribution in [3.63, 3.8) is 0 Å². The van der Waals surface area contributed by atoms with Crippen molar-refractivity contribution in [3.05, 3.63) is 56.9 Å². The molecule has 0 aliphatic rings. The zero-order chi connectivity index (χ0) is 15.2. The van der Waals surface area contributed by atoms with E-state index in [4.69, 9.17) is 4.74 Å². The molecule has 21 heavy (non-hydrogen) atoms. The summed E-state index contributed by atoms with van der Waals surface area (Å²) in [4.78, 5) is 4.32. The average Bonchev–Trinajstić information content (AvgIpc) is 2.50. The standard InChI is InChI=1S/C17H21IN2O/c1-4-8-21-14-9-13(10-20-11-14)17(19-3)15-7-5-6-12(2)16(15)18/h5-7,9-11,17,19H,4,8H2,1-3H3. The molecule has 3 nitrogen and oxygen atoms in total. The van der Waals surface area contributed by atoms with Crippen molar-refractivity contribution in [1.82, 2.24) is 10.3 Å². The lowest BCUT2D eigenvalue weighted by Gasteiger charge is -2.20. The normalized spacial score (nSPS) is 12.2. The fraction of sp³-hybridized carbons (Fsp3) is 0.353. The fourth-order valence-corrected chi connectivity index (χ4v) is 2.96. The number of hydrogen-bond acceptors (Lipinski definition) is 3. The summed E-state index contributed by atoms with van der Waals surface area (Å²) in [6.45, 7) is 4.96. The van der Waals surface area contributed by atoms with Crippen LogP contribution in [0.3, 0.4) is 0 Å². The zero-order valence-corrected chi connectivity index (χ0v) is 14.8. The second-order valence-corrected chi connectivity index (χ2v) is 6.08. The molecular formula is C17H21IN2O. The number of rotatable bonds is 6. The summed E-state index contributed by atoms with van der Waals surface area (Å²) in [6, 6.07) is 8.59. The van der Waals surface area contributed by atoms with Crippen molar-refractivity contribution in [2.45, 2.75) is 26.3 Å². The highest BCUT2D eigenvalue weighted by molar-refractivity contribution is 14.1. The first kappa shape index (κ1) is 16.2. The highest BCUT2D eigenvalue weighted by Gasteiger charge is 2.16. The van der Waals surface area contributed by atoms with Gasteiger partial charge in [-0.1, -0.05) is 25.1 Å². The van der Waals surface area contributed by atoms with E-state index in [1.165, 1.54) is 14.7 Å². The van der Waals surface area contributed by atoms with E-state index in [2.05, 4.69) is 71.0 Å². The van der Waals surface area contributed by atoms with Gasteiger partial charge in [0.25, 0.3) is 0 Å². The molecule has 4 heteroatoms. The summed E-state index contributed by atoms with van der Waals surface area (Å²) in [6.07, 6.45) is 4.67. The number of ether oxygens (including phenoxy) is 1. The monoisotopic (exact) mass is 396 g/mol. The molecule has 1 atom stereocenters. The Labute approximate surface area is 140 Å². The Hall–Kier alpha value is -1.14. The van der Waals surface area contributed by atoms with Crippen molar-refractivity contribution < 1.29 is 4.74 Å². The quantitative estimate of drug-likeness (QED) is 0.747. The van der Waals surface area contributed by atoms with Gasteiger partial charge in [-0.25, -0.2) is 0 Å². The topological polar surface area (TPSA) is 34.1 Å². The van der Waals surface area contributed by atoms with Crippen LogP contribution in [0.4, 0.5) is 0 Å². The first-order valence-corrected chi connectivity index (χ1v) is 8.25. The summed E-state index contributed by atoms with van der Waals surface area (Å²) >= 11 is 2.41. The number of nitrogens with zero attached hydrogens (tertiary/aromatic N) is 1. The Balaban J connectivity index is 2.35. The Morgan fingerprint density at radius 3 is 2.86 bits per heavy atom. The van der Waals surface area contributed by atoms with Crippen molar-refractivity contribution in [3.8, 4) is 5.75 Å². The van der Waals surface area contributed by atoms with Gasteiger partial charge in [-0.15, -0.1) is 0 Å². The van der Waals surface area contributed by atoms with Crippen LogP contribution in [0.5, 0.6) is 5.75 Å². The predicted molar refractivity (Wildman–Crippen MR) is 94.8 cm³/mol. The summed E-state index contributed by atoms with van der Waals surface area (Å²) in [5.41, 5.74) is 3.68. The molecule has 2 rings (SSSR count). The van der Waals surface area contributed by atoms with Crippen LogP contribution in [0.15, 0.2) is 36.7 Å². The third-order valence-corrected chi connectivity index (χ3v) is 4.84. The number of aromatic nitrogens is 1. The molecule has 1 aromatic heterocycles. The highest BCUT2D eigenvalue weighted by Crippen LogP contribution is 2.29. The van der Waals surface area contributed by atoms with Crippen LogP contribution in [0.25, 0.3) is 0 Å². The van der Waals surface area contributed by atoms with Crippen LogP contribution < -0.4 is 10.1 Å². The highest BCUT2D eigenvalue weighted by atomic mass is 127. The maximum absolute atomic E-state index is 5.69. The van der Waals surface area contributed by atoms with Crippen molar-refractivity contribution >= 4 is 22.6 Å². The van der Waals surface area contributed by atoms with E-state index in [0.29, 0.717) is 0 Å². The van der Waals surface area contributed by atoms with Gasteiger partial charge in [-0.05, 0) is 65.7 Å². The SMILES string of the molecule is CCCOc1cncc(C(NC)c2cccc(C)c2I)c1. The molecule has 0 saturated carbocycles. The maximum atomic E-state index is 5.69. The molecule has 0 spiro atoms. The van der Waals surface area contributed by atoms with E-state index in [-0.39, 0.29) is 6.04 Å². The van der Waals surface area contributed by atoms with E-state index in [1.807, 2.05) is 13.2 Å². The molecular weight excluding hydrogens is 375 g/mol. The summed E-state index contributed by atoms with van der Waals surface area (Å²) in [7, 11) is 1.97. The van der Waals surface area contributed by atoms with E-state index >= 15 is 0 Å². The average molecular weight is 396 g/mol. The molecule has 0 bridgehead atoms. The van der Waals surface area contributed by atoms with Gasteiger partial charge < -0.3 is 10.1 Å². The van der Waals surface area contributed by atoms with Crippen LogP contribution in [0.1, 0.15) is 36.1 Å². The Bertz CT molecular complexity index is 601. The van der Waals surface area contributed by atoms with Gasteiger partial charge in [-0.3, -0.25) is 4.98 Å². The van der Waals surface area contributed by atoms with Crippen LogP contribution >= 0.6 is 22.6 Å². The Kier molecular flexibility index (Phi) is 5.99. The van der Waals surface area contributed by atoms with Crippen LogP contribution in [0, 0.1) is 10.5 Å². The number of hydrogen-bond donors (Lipinski definition) is 1. The summed E-state index contributed by atoms with van der Waals surface area (Å²) in [5.74, 6) is 0.831. The smallest absolute Gasteiger partial charge is 0.137 e. The van der Waals surface area contributed by atoms with Gasteiger partial charge in [0.15, 0.2) is 0 Å². The molecule has 1 heterocycles. The molecule has 2 aromatic rings. The van der Waals surface area contributed by atoms with E-state index in [9.17, 15) is 0 Å². The lowest BCUT2D eigenvalue weighted by Crippen LogP contribution is -2.19. The largest absolute Gasteiger partial charge is 0.492 e. The molecule has 0 amide bonds. The van der Waals surface area contributed by atoms with Crippen molar-refractivity contribution in [2.75, 3.05) is 13.7 Å². The van der Waals surface area contributed by atoms with Gasteiger partial charge in [0.1, 0.15) is 5.75 Å². The van der Waals surface area contributed by atoms with E-state index < -0.39 is 0 Å². The number of pyridine rings is 1. The minimum Gasteiger partial charge on any atom is -0.492 e. The number of aryl methyl sites for hydroxylation is 1. The summed E-state index contributed by atoms with van der Waals surface area (Å²) < 4.78 is 6.97. The number of nitrogens with one attached hydrogen (secondary N) is 1. The Morgan fingerprint density at radius 2 is 2.14 bits per heavy atom. The van der Waals surface area contributed by atoms with Gasteiger partial charge >= 0.3 is 0 Å². The molecule has 1 aromatic carbocycles. The maximum Gasteiger partial charge on any atom is 0.137 e. The Morgan fingerprint density at radius 1 is 1.33 bits per heavy atom. The van der Waals surface area contributed by atoms with E-state index in [0.717, 1.165) is 24.3 Å². The van der Waals surface area contributed by atoms with Crippen LogP contribution in [-0.2, 0) is 0 Å². The predicted octanol–water partition coefficient (Wildman–Crippen LogP) is 4.09. The third kappa shape index (κ3) is 3.95. The second-order valence-electron chi connectivity index (χ2n) is 5.00. The molecule has 0 aliphatic heterocycles. The number of benzene rings is 1. The zero-order valence-electron chi connectivity index (χ0n) is 12.7. The van der Waals surface area contributed by atoms with Crippen molar-refractivity contribution in [2.24, 2.45) is 0 Å². The molecule has 1 unspecified atom stereocenters.